The Morgan fingerprint density at radius 3 is 2.17 bits per heavy atom. The number of hydrogen-bond donors (Lipinski definition) is 1. The summed E-state index contributed by atoms with van der Waals surface area (Å²) < 4.78 is 54.3. The molecule has 0 aliphatic heterocycles. The van der Waals surface area contributed by atoms with Crippen molar-refractivity contribution in [3.8, 4) is 11.5 Å². The third-order valence-electron chi connectivity index (χ3n) is 6.23. The predicted molar refractivity (Wildman–Crippen MR) is 155 cm³/mol. The van der Waals surface area contributed by atoms with Crippen molar-refractivity contribution in [2.45, 2.75) is 50.7 Å². The van der Waals surface area contributed by atoms with Crippen molar-refractivity contribution >= 4 is 27.5 Å². The Balaban J connectivity index is 2.13. The lowest BCUT2D eigenvalue weighted by Gasteiger charge is -2.33. The molecule has 0 aromatic heterocycles. The summed E-state index contributed by atoms with van der Waals surface area (Å²) in [5.41, 5.74) is -0.372. The van der Waals surface area contributed by atoms with Gasteiger partial charge in [-0.15, -0.1) is 0 Å². The van der Waals surface area contributed by atoms with Gasteiger partial charge < -0.3 is 19.7 Å². The van der Waals surface area contributed by atoms with Crippen LogP contribution in [0.3, 0.4) is 0 Å². The van der Waals surface area contributed by atoms with Crippen LogP contribution in [0, 0.1) is 5.82 Å². The Kier molecular flexibility index (Phi) is 9.98. The summed E-state index contributed by atoms with van der Waals surface area (Å²) >= 11 is 0. The first kappa shape index (κ1) is 31.4. The van der Waals surface area contributed by atoms with Crippen LogP contribution in [0.15, 0.2) is 77.7 Å². The lowest BCUT2D eigenvalue weighted by molar-refractivity contribution is -0.140. The SMILES string of the molecule is COc1ccc(OC)c(N(CC(=O)N(Cc2ccccc2F)[C@H](C)C(=O)NC(C)(C)C)S(=O)(=O)c2ccccc2)c1. The number of halogens is 1. The minimum atomic E-state index is -4.32. The molecule has 1 N–H and O–H groups in total. The average Bonchev–Trinajstić information content (AvgIpc) is 2.94. The summed E-state index contributed by atoms with van der Waals surface area (Å²) in [6.07, 6.45) is 0. The molecule has 2 amide bonds. The molecule has 3 aromatic carbocycles. The molecule has 0 heterocycles. The molecule has 0 aliphatic rings. The zero-order chi connectivity index (χ0) is 30.4. The van der Waals surface area contributed by atoms with Crippen molar-refractivity contribution in [2.24, 2.45) is 0 Å². The van der Waals surface area contributed by atoms with Crippen LogP contribution in [-0.2, 0) is 26.2 Å². The summed E-state index contributed by atoms with van der Waals surface area (Å²) in [6.45, 7) is 5.93. The van der Waals surface area contributed by atoms with Gasteiger partial charge in [0.25, 0.3) is 10.0 Å². The quantitative estimate of drug-likeness (QED) is 0.358. The van der Waals surface area contributed by atoms with Crippen molar-refractivity contribution in [1.82, 2.24) is 10.2 Å². The first-order valence-corrected chi connectivity index (χ1v) is 14.4. The number of hydrogen-bond acceptors (Lipinski definition) is 6. The molecule has 0 radical (unpaired) electrons. The van der Waals surface area contributed by atoms with E-state index in [2.05, 4.69) is 5.32 Å². The number of carbonyl (C=O) groups is 2. The van der Waals surface area contributed by atoms with Crippen LogP contribution in [0.2, 0.25) is 0 Å². The summed E-state index contributed by atoms with van der Waals surface area (Å²) in [6, 6.07) is 17.1. The number of ether oxygens (including phenoxy) is 2. The van der Waals surface area contributed by atoms with E-state index in [1.54, 1.807) is 51.1 Å². The highest BCUT2D eigenvalue weighted by molar-refractivity contribution is 7.92. The second kappa shape index (κ2) is 13.0. The number of methoxy groups -OCH3 is 2. The molecule has 0 spiro atoms. The molecule has 0 saturated heterocycles. The van der Waals surface area contributed by atoms with E-state index in [-0.39, 0.29) is 28.4 Å². The average molecular weight is 586 g/mol. The van der Waals surface area contributed by atoms with E-state index >= 15 is 0 Å². The zero-order valence-corrected chi connectivity index (χ0v) is 24.9. The number of carbonyl (C=O) groups excluding carboxylic acids is 2. The number of nitrogens with zero attached hydrogens (tertiary/aromatic N) is 2. The highest BCUT2D eigenvalue weighted by Crippen LogP contribution is 2.36. The molecule has 0 aliphatic carbocycles. The first-order valence-electron chi connectivity index (χ1n) is 12.9. The molecular formula is C30H36FN3O6S. The van der Waals surface area contributed by atoms with Gasteiger partial charge in [0, 0.05) is 23.7 Å². The predicted octanol–water partition coefficient (Wildman–Crippen LogP) is 4.37. The number of anilines is 1. The first-order chi connectivity index (χ1) is 19.3. The number of nitrogens with one attached hydrogen (secondary N) is 1. The Labute approximate surface area is 240 Å². The molecule has 3 aromatic rings. The smallest absolute Gasteiger partial charge is 0.264 e. The number of sulfonamides is 1. The van der Waals surface area contributed by atoms with Crippen LogP contribution in [0.5, 0.6) is 11.5 Å². The zero-order valence-electron chi connectivity index (χ0n) is 24.0. The molecule has 0 fully saturated rings. The summed E-state index contributed by atoms with van der Waals surface area (Å²) in [5, 5.41) is 2.83. The Morgan fingerprint density at radius 1 is 0.951 bits per heavy atom. The molecule has 0 saturated carbocycles. The van der Waals surface area contributed by atoms with E-state index in [9.17, 15) is 22.4 Å². The van der Waals surface area contributed by atoms with Gasteiger partial charge in [-0.25, -0.2) is 12.8 Å². The van der Waals surface area contributed by atoms with Gasteiger partial charge in [-0.05, 0) is 58.0 Å². The molecule has 220 valence electrons. The second-order valence-corrected chi connectivity index (χ2v) is 12.3. The van der Waals surface area contributed by atoms with Crippen molar-refractivity contribution in [2.75, 3.05) is 25.1 Å². The minimum absolute atomic E-state index is 0.0571. The third-order valence-corrected chi connectivity index (χ3v) is 8.00. The van der Waals surface area contributed by atoms with Crippen LogP contribution in [0.25, 0.3) is 0 Å². The number of rotatable bonds is 11. The molecular weight excluding hydrogens is 549 g/mol. The van der Waals surface area contributed by atoms with E-state index in [0.717, 1.165) is 4.31 Å². The van der Waals surface area contributed by atoms with Gasteiger partial charge in [-0.2, -0.15) is 0 Å². The van der Waals surface area contributed by atoms with E-state index < -0.39 is 45.8 Å². The number of amides is 2. The fraction of sp³-hybridized carbons (Fsp3) is 0.333. The molecule has 0 unspecified atom stereocenters. The molecule has 3 rings (SSSR count). The van der Waals surface area contributed by atoms with E-state index in [0.29, 0.717) is 5.75 Å². The van der Waals surface area contributed by atoms with Gasteiger partial charge in [-0.1, -0.05) is 36.4 Å². The van der Waals surface area contributed by atoms with Gasteiger partial charge in [-0.3, -0.25) is 13.9 Å². The minimum Gasteiger partial charge on any atom is -0.497 e. The maximum Gasteiger partial charge on any atom is 0.264 e. The van der Waals surface area contributed by atoms with Crippen LogP contribution in [0.4, 0.5) is 10.1 Å². The molecule has 11 heteroatoms. The van der Waals surface area contributed by atoms with E-state index in [1.165, 1.54) is 68.5 Å². The highest BCUT2D eigenvalue weighted by atomic mass is 32.2. The van der Waals surface area contributed by atoms with Gasteiger partial charge in [0.1, 0.15) is 29.9 Å². The molecule has 41 heavy (non-hydrogen) atoms. The van der Waals surface area contributed by atoms with Gasteiger partial charge in [0.15, 0.2) is 0 Å². The fourth-order valence-corrected chi connectivity index (χ4v) is 5.53. The third kappa shape index (κ3) is 7.75. The van der Waals surface area contributed by atoms with Crippen molar-refractivity contribution in [1.29, 1.82) is 0 Å². The molecule has 9 nitrogen and oxygen atoms in total. The normalized spacial score (nSPS) is 12.3. The van der Waals surface area contributed by atoms with Crippen molar-refractivity contribution < 1.29 is 31.9 Å². The Bertz CT molecular complexity index is 1480. The Hall–Kier alpha value is -4.12. The maximum atomic E-state index is 14.7. The highest BCUT2D eigenvalue weighted by Gasteiger charge is 2.35. The topological polar surface area (TPSA) is 105 Å². The Morgan fingerprint density at radius 2 is 1.59 bits per heavy atom. The number of benzene rings is 3. The van der Waals surface area contributed by atoms with Crippen LogP contribution in [0.1, 0.15) is 33.3 Å². The summed E-state index contributed by atoms with van der Waals surface area (Å²) in [4.78, 5) is 28.3. The monoisotopic (exact) mass is 585 g/mol. The molecule has 1 atom stereocenters. The van der Waals surface area contributed by atoms with Gasteiger partial charge in [0.2, 0.25) is 11.8 Å². The molecule has 0 bridgehead atoms. The fourth-order valence-electron chi connectivity index (χ4n) is 4.09. The van der Waals surface area contributed by atoms with E-state index in [1.807, 2.05) is 0 Å². The van der Waals surface area contributed by atoms with Gasteiger partial charge >= 0.3 is 0 Å². The van der Waals surface area contributed by atoms with Crippen LogP contribution in [-0.4, -0.2) is 57.5 Å². The van der Waals surface area contributed by atoms with Crippen LogP contribution >= 0.6 is 0 Å². The van der Waals surface area contributed by atoms with E-state index in [4.69, 9.17) is 9.47 Å². The van der Waals surface area contributed by atoms with Crippen LogP contribution < -0.4 is 19.1 Å². The van der Waals surface area contributed by atoms with Gasteiger partial charge in [0.05, 0.1) is 24.8 Å². The summed E-state index contributed by atoms with van der Waals surface area (Å²) in [7, 11) is -1.51. The van der Waals surface area contributed by atoms with Crippen molar-refractivity contribution in [3.05, 3.63) is 84.2 Å². The maximum absolute atomic E-state index is 14.7. The van der Waals surface area contributed by atoms with Crippen molar-refractivity contribution in [3.63, 3.8) is 0 Å². The standard InChI is InChI=1S/C30H36FN3O6S/c1-21(29(36)32-30(2,3)4)33(19-22-12-10-11-15-25(22)31)28(35)20-34(41(37,38)24-13-8-7-9-14-24)26-18-23(39-5)16-17-27(26)40-6/h7-18,21H,19-20H2,1-6H3,(H,32,36)/t21-/m1/s1. The lowest BCUT2D eigenvalue weighted by atomic mass is 10.1. The summed E-state index contributed by atoms with van der Waals surface area (Å²) in [5.74, 6) is -1.25. The largest absolute Gasteiger partial charge is 0.497 e. The second-order valence-electron chi connectivity index (χ2n) is 10.4. The lowest BCUT2D eigenvalue weighted by Crippen LogP contribution is -2.54.